The highest BCUT2D eigenvalue weighted by Crippen LogP contribution is 2.46. The Morgan fingerprint density at radius 3 is 1.37 bits per heavy atom. The third-order valence-electron chi connectivity index (χ3n) is 12.7. The lowest BCUT2D eigenvalue weighted by Gasteiger charge is -2.09. The van der Waals surface area contributed by atoms with Crippen LogP contribution in [0.5, 0.6) is 0 Å². The first-order chi connectivity index (χ1) is 28.3. The lowest BCUT2D eigenvalue weighted by Crippen LogP contribution is -1.84. The Hall–Kier alpha value is -7.20. The van der Waals surface area contributed by atoms with Crippen LogP contribution in [0.25, 0.3) is 130 Å². The van der Waals surface area contributed by atoms with E-state index in [2.05, 4.69) is 191 Å². The number of rotatable bonds is 3. The van der Waals surface area contributed by atoms with Gasteiger partial charge in [-0.1, -0.05) is 115 Å². The van der Waals surface area contributed by atoms with Gasteiger partial charge in [0.25, 0.3) is 0 Å². The second-order valence-corrected chi connectivity index (χ2v) is 16.7. The Labute approximate surface area is 330 Å². The van der Waals surface area contributed by atoms with Crippen LogP contribution in [-0.4, -0.2) is 8.80 Å². The first-order valence-corrected chi connectivity index (χ1v) is 20.5. The Balaban J connectivity index is 1.01. The smallest absolute Gasteiger partial charge is 0.0620 e. The minimum atomic E-state index is 1.23. The molecule has 0 aliphatic heterocycles. The highest BCUT2D eigenvalue weighted by atomic mass is 32.1. The molecule has 0 saturated carbocycles. The van der Waals surface area contributed by atoms with E-state index in [0.717, 1.165) is 0 Å². The summed E-state index contributed by atoms with van der Waals surface area (Å²) in [4.78, 5) is 0. The minimum Gasteiger partial charge on any atom is -0.308 e. The normalized spacial score (nSPS) is 12.6. The molecule has 0 spiro atoms. The maximum absolute atomic E-state index is 2.49. The van der Waals surface area contributed by atoms with Gasteiger partial charge in [-0.2, -0.15) is 0 Å². The molecule has 0 aliphatic rings. The van der Waals surface area contributed by atoms with Crippen molar-refractivity contribution >= 4 is 108 Å². The molecule has 0 atom stereocenters. The van der Waals surface area contributed by atoms with Crippen molar-refractivity contribution in [2.75, 3.05) is 0 Å². The van der Waals surface area contributed by atoms with Gasteiger partial charge in [0.15, 0.2) is 0 Å². The number of hydrogen-bond donors (Lipinski definition) is 0. The lowest BCUT2D eigenvalue weighted by molar-refractivity contribution is 1.37. The molecule has 57 heavy (non-hydrogen) atoms. The Bertz CT molecular complexity index is 3900. The number of hydrogen-bond acceptors (Lipinski definition) is 1. The second kappa shape index (κ2) is 10.8. The van der Waals surface area contributed by atoms with Gasteiger partial charge < -0.3 is 8.80 Å². The standard InChI is InChI=1S/C54H30N2S/c1-5-19-47-37(13-1)43-27-34(28-44-38-14-2-6-20-48(38)55(47)52(43)44)35-29-45-39-15-3-7-21-49(39)56-50-24-23-32(26-42(50)46(30-35)53(45)56)31-11-9-12-33(25-31)36-17-10-18-41-40-16-4-8-22-51(40)57-54(36)41/h1-30H. The molecule has 0 fully saturated rings. The number of thiophene rings is 1. The van der Waals surface area contributed by atoms with E-state index in [4.69, 9.17) is 0 Å². The molecular formula is C54H30N2S. The van der Waals surface area contributed by atoms with Crippen LogP contribution in [0.4, 0.5) is 0 Å². The van der Waals surface area contributed by atoms with Crippen molar-refractivity contribution < 1.29 is 0 Å². The minimum absolute atomic E-state index is 1.23. The van der Waals surface area contributed by atoms with Gasteiger partial charge in [0.2, 0.25) is 0 Å². The van der Waals surface area contributed by atoms with Gasteiger partial charge in [-0.15, -0.1) is 11.3 Å². The number of aromatic nitrogens is 2. The summed E-state index contributed by atoms with van der Waals surface area (Å²) in [5, 5.41) is 13.0. The molecule has 0 unspecified atom stereocenters. The van der Waals surface area contributed by atoms with E-state index in [1.165, 1.54) is 130 Å². The third-order valence-corrected chi connectivity index (χ3v) is 14.0. The van der Waals surface area contributed by atoms with Crippen molar-refractivity contribution in [3.05, 3.63) is 182 Å². The molecule has 9 aromatic carbocycles. The number of fused-ring (bicyclic) bond motifs is 15. The number of nitrogens with zero attached hydrogens (tertiary/aromatic N) is 2. The second-order valence-electron chi connectivity index (χ2n) is 15.7. The zero-order valence-corrected chi connectivity index (χ0v) is 31.4. The third kappa shape index (κ3) is 3.89. The summed E-state index contributed by atoms with van der Waals surface area (Å²) in [6.07, 6.45) is 0. The van der Waals surface area contributed by atoms with E-state index in [9.17, 15) is 0 Å². The summed E-state index contributed by atoms with van der Waals surface area (Å²) < 4.78 is 7.64. The van der Waals surface area contributed by atoms with Crippen molar-refractivity contribution in [2.24, 2.45) is 0 Å². The van der Waals surface area contributed by atoms with Gasteiger partial charge in [0, 0.05) is 63.3 Å². The van der Waals surface area contributed by atoms with E-state index < -0.39 is 0 Å². The average molecular weight is 739 g/mol. The molecule has 0 aliphatic carbocycles. The van der Waals surface area contributed by atoms with Crippen LogP contribution in [0.2, 0.25) is 0 Å². The molecule has 14 aromatic rings. The predicted octanol–water partition coefficient (Wildman–Crippen LogP) is 15.4. The molecule has 14 rings (SSSR count). The Kier molecular flexibility index (Phi) is 5.68. The fourth-order valence-corrected chi connectivity index (χ4v) is 11.5. The van der Waals surface area contributed by atoms with Crippen LogP contribution in [-0.2, 0) is 0 Å². The van der Waals surface area contributed by atoms with Gasteiger partial charge in [-0.25, -0.2) is 0 Å². The van der Waals surface area contributed by atoms with E-state index in [0.29, 0.717) is 0 Å². The SMILES string of the molecule is c1cc(-c2ccc3c(c2)c2cc(-c4cc5c6ccccc6n6c7ccccc7c(c4)c56)cc4c5ccccc5n3c42)cc(-c2cccc3c2sc2ccccc23)c1. The van der Waals surface area contributed by atoms with Crippen molar-refractivity contribution in [3.8, 4) is 33.4 Å². The lowest BCUT2D eigenvalue weighted by atomic mass is 9.95. The summed E-state index contributed by atoms with van der Waals surface area (Å²) in [5.41, 5.74) is 15.1. The van der Waals surface area contributed by atoms with E-state index >= 15 is 0 Å². The first kappa shape index (κ1) is 30.1. The summed E-state index contributed by atoms with van der Waals surface area (Å²) in [6.45, 7) is 0. The Morgan fingerprint density at radius 2 is 0.737 bits per heavy atom. The molecule has 5 aromatic heterocycles. The van der Waals surface area contributed by atoms with Crippen LogP contribution >= 0.6 is 11.3 Å². The monoisotopic (exact) mass is 738 g/mol. The molecule has 0 saturated heterocycles. The van der Waals surface area contributed by atoms with Crippen LogP contribution in [0.15, 0.2) is 182 Å². The molecular weight excluding hydrogens is 709 g/mol. The van der Waals surface area contributed by atoms with Gasteiger partial charge in [-0.05, 0) is 100 Å². The number of benzene rings is 9. The number of para-hydroxylation sites is 3. The molecule has 262 valence electrons. The van der Waals surface area contributed by atoms with E-state index in [1.807, 2.05) is 11.3 Å². The molecule has 0 bridgehead atoms. The quantitative estimate of drug-likeness (QED) is 0.171. The molecule has 5 heterocycles. The first-order valence-electron chi connectivity index (χ1n) is 19.7. The van der Waals surface area contributed by atoms with Crippen molar-refractivity contribution in [3.63, 3.8) is 0 Å². The molecule has 0 amide bonds. The summed E-state index contributed by atoms with van der Waals surface area (Å²) >= 11 is 1.89. The van der Waals surface area contributed by atoms with Crippen molar-refractivity contribution in [2.45, 2.75) is 0 Å². The van der Waals surface area contributed by atoms with Gasteiger partial charge in [-0.3, -0.25) is 0 Å². The van der Waals surface area contributed by atoms with Gasteiger partial charge in [0.1, 0.15) is 0 Å². The fraction of sp³-hybridized carbons (Fsp3) is 0. The van der Waals surface area contributed by atoms with Crippen molar-refractivity contribution in [1.82, 2.24) is 8.80 Å². The maximum Gasteiger partial charge on any atom is 0.0620 e. The molecule has 0 N–H and O–H groups in total. The van der Waals surface area contributed by atoms with E-state index in [-0.39, 0.29) is 0 Å². The van der Waals surface area contributed by atoms with Crippen molar-refractivity contribution in [1.29, 1.82) is 0 Å². The molecule has 0 radical (unpaired) electrons. The molecule has 3 heteroatoms. The summed E-state index contributed by atoms with van der Waals surface area (Å²) in [5.74, 6) is 0. The van der Waals surface area contributed by atoms with Crippen LogP contribution in [0.1, 0.15) is 0 Å². The van der Waals surface area contributed by atoms with Crippen LogP contribution in [0, 0.1) is 0 Å². The topological polar surface area (TPSA) is 8.82 Å². The highest BCUT2D eigenvalue weighted by molar-refractivity contribution is 7.26. The fourth-order valence-electron chi connectivity index (χ4n) is 10.3. The van der Waals surface area contributed by atoms with Crippen LogP contribution < -0.4 is 0 Å². The predicted molar refractivity (Wildman–Crippen MR) is 245 cm³/mol. The van der Waals surface area contributed by atoms with Gasteiger partial charge >= 0.3 is 0 Å². The maximum atomic E-state index is 2.49. The Morgan fingerprint density at radius 1 is 0.281 bits per heavy atom. The average Bonchev–Trinajstić information content (AvgIpc) is 4.07. The zero-order chi connectivity index (χ0) is 36.9. The zero-order valence-electron chi connectivity index (χ0n) is 30.6. The van der Waals surface area contributed by atoms with Crippen LogP contribution in [0.3, 0.4) is 0 Å². The largest absolute Gasteiger partial charge is 0.308 e. The summed E-state index contributed by atoms with van der Waals surface area (Å²) in [6, 6.07) is 68.1. The highest BCUT2D eigenvalue weighted by Gasteiger charge is 2.22. The molecule has 2 nitrogen and oxygen atoms in total. The van der Waals surface area contributed by atoms with Gasteiger partial charge in [0.05, 0.1) is 33.1 Å². The van der Waals surface area contributed by atoms with E-state index in [1.54, 1.807) is 0 Å². The summed E-state index contributed by atoms with van der Waals surface area (Å²) in [7, 11) is 0.